The summed E-state index contributed by atoms with van der Waals surface area (Å²) < 4.78 is 0. The van der Waals surface area contributed by atoms with Gasteiger partial charge in [-0.1, -0.05) is 98.3 Å². The Morgan fingerprint density at radius 1 is 0.861 bits per heavy atom. The number of thioether (sulfide) groups is 1. The van der Waals surface area contributed by atoms with Gasteiger partial charge in [0.15, 0.2) is 0 Å². The van der Waals surface area contributed by atoms with Crippen LogP contribution in [0.1, 0.15) is 41.7 Å². The van der Waals surface area contributed by atoms with Gasteiger partial charge in [-0.2, -0.15) is 0 Å². The molecule has 0 saturated carbocycles. The average molecular weight is 503 g/mol. The molecule has 0 aliphatic carbocycles. The van der Waals surface area contributed by atoms with Crippen molar-refractivity contribution in [2.45, 2.75) is 52.5 Å². The summed E-state index contributed by atoms with van der Waals surface area (Å²) in [6.45, 7) is 9.27. The summed E-state index contributed by atoms with van der Waals surface area (Å²) in [7, 11) is 0. The van der Waals surface area contributed by atoms with Crippen LogP contribution in [-0.4, -0.2) is 35.1 Å². The number of rotatable bonds is 12. The van der Waals surface area contributed by atoms with Gasteiger partial charge in [-0.15, -0.1) is 11.8 Å². The van der Waals surface area contributed by atoms with Crippen LogP contribution in [0.25, 0.3) is 0 Å². The fraction of sp³-hybridized carbons (Fsp3) is 0.355. The Kier molecular flexibility index (Phi) is 10.6. The highest BCUT2D eigenvalue weighted by atomic mass is 32.2. The van der Waals surface area contributed by atoms with Crippen molar-refractivity contribution in [1.29, 1.82) is 0 Å². The topological polar surface area (TPSA) is 49.4 Å². The van der Waals surface area contributed by atoms with E-state index in [9.17, 15) is 9.59 Å². The molecule has 0 aliphatic rings. The summed E-state index contributed by atoms with van der Waals surface area (Å²) in [5.41, 5.74) is 5.69. The largest absolute Gasteiger partial charge is 0.354 e. The first-order chi connectivity index (χ1) is 17.3. The van der Waals surface area contributed by atoms with Gasteiger partial charge in [0.05, 0.1) is 5.75 Å². The lowest BCUT2D eigenvalue weighted by Gasteiger charge is -2.32. The molecule has 5 heteroatoms. The third kappa shape index (κ3) is 8.56. The van der Waals surface area contributed by atoms with E-state index in [1.54, 1.807) is 16.7 Å². The van der Waals surface area contributed by atoms with Gasteiger partial charge in [-0.3, -0.25) is 9.59 Å². The van der Waals surface area contributed by atoms with E-state index in [4.69, 9.17) is 0 Å². The molecule has 190 valence electrons. The number of carbonyl (C=O) groups excluding carboxylic acids is 2. The van der Waals surface area contributed by atoms with Crippen molar-refractivity contribution in [3.8, 4) is 0 Å². The average Bonchev–Trinajstić information content (AvgIpc) is 2.87. The maximum Gasteiger partial charge on any atom is 0.243 e. The minimum atomic E-state index is -0.584. The van der Waals surface area contributed by atoms with Crippen LogP contribution in [0, 0.1) is 19.8 Å². The zero-order chi connectivity index (χ0) is 25.9. The standard InChI is InChI=1S/C31H38N2O2S/c1-23(2)19-32-31(35)29(18-26-11-6-5-7-12-26)33(20-27-16-14-24(3)15-17-27)30(34)22-36-21-28-13-9-8-10-25(28)4/h5-17,23,29H,18-22H2,1-4H3,(H,32,35)/t29-/m1/s1. The van der Waals surface area contributed by atoms with E-state index in [1.165, 1.54) is 16.7 Å². The molecule has 0 aromatic heterocycles. The number of nitrogens with one attached hydrogen (secondary N) is 1. The molecule has 3 aromatic carbocycles. The second-order valence-electron chi connectivity index (χ2n) is 9.77. The summed E-state index contributed by atoms with van der Waals surface area (Å²) in [5, 5.41) is 3.08. The molecule has 3 rings (SSSR count). The lowest BCUT2D eigenvalue weighted by molar-refractivity contribution is -0.139. The summed E-state index contributed by atoms with van der Waals surface area (Å²) in [6.07, 6.45) is 0.477. The minimum absolute atomic E-state index is 0.0187. The van der Waals surface area contributed by atoms with E-state index >= 15 is 0 Å². The Morgan fingerprint density at radius 3 is 2.19 bits per heavy atom. The predicted molar refractivity (Wildman–Crippen MR) is 151 cm³/mol. The smallest absolute Gasteiger partial charge is 0.243 e. The number of aryl methyl sites for hydroxylation is 2. The number of amides is 2. The molecule has 0 fully saturated rings. The molecule has 0 heterocycles. The molecule has 0 aliphatic heterocycles. The summed E-state index contributed by atoms with van der Waals surface area (Å²) in [6, 6.07) is 25.8. The molecule has 1 atom stereocenters. The third-order valence-electron chi connectivity index (χ3n) is 6.17. The second-order valence-corrected chi connectivity index (χ2v) is 10.8. The maximum absolute atomic E-state index is 13.7. The Bertz CT molecular complexity index is 1110. The molecular formula is C31H38N2O2S. The molecule has 0 bridgehead atoms. The van der Waals surface area contributed by atoms with E-state index in [-0.39, 0.29) is 11.8 Å². The number of hydrogen-bond donors (Lipinski definition) is 1. The van der Waals surface area contributed by atoms with E-state index < -0.39 is 6.04 Å². The molecule has 0 spiro atoms. The van der Waals surface area contributed by atoms with Crippen LogP contribution in [0.3, 0.4) is 0 Å². The lowest BCUT2D eigenvalue weighted by atomic mass is 10.0. The van der Waals surface area contributed by atoms with Gasteiger partial charge in [0.2, 0.25) is 11.8 Å². The number of hydrogen-bond acceptors (Lipinski definition) is 3. The molecule has 3 aromatic rings. The van der Waals surface area contributed by atoms with Crippen LogP contribution in [0.4, 0.5) is 0 Å². The minimum Gasteiger partial charge on any atom is -0.354 e. The highest BCUT2D eigenvalue weighted by Crippen LogP contribution is 2.20. The van der Waals surface area contributed by atoms with E-state index in [2.05, 4.69) is 50.4 Å². The van der Waals surface area contributed by atoms with Crippen molar-refractivity contribution in [2.75, 3.05) is 12.3 Å². The molecule has 4 nitrogen and oxygen atoms in total. The number of benzene rings is 3. The van der Waals surface area contributed by atoms with Gasteiger partial charge in [0.1, 0.15) is 6.04 Å². The Balaban J connectivity index is 1.84. The molecule has 2 amide bonds. The van der Waals surface area contributed by atoms with Gasteiger partial charge in [-0.05, 0) is 42.0 Å². The van der Waals surface area contributed by atoms with Crippen LogP contribution < -0.4 is 5.32 Å². The number of carbonyl (C=O) groups is 2. The van der Waals surface area contributed by atoms with E-state index in [0.29, 0.717) is 31.2 Å². The Labute approximate surface area is 220 Å². The van der Waals surface area contributed by atoms with Crippen molar-refractivity contribution in [3.63, 3.8) is 0 Å². The van der Waals surface area contributed by atoms with Gasteiger partial charge < -0.3 is 10.2 Å². The first-order valence-electron chi connectivity index (χ1n) is 12.6. The van der Waals surface area contributed by atoms with Crippen LogP contribution in [-0.2, 0) is 28.3 Å². The van der Waals surface area contributed by atoms with E-state index in [1.807, 2.05) is 61.5 Å². The molecule has 1 N–H and O–H groups in total. The van der Waals surface area contributed by atoms with E-state index in [0.717, 1.165) is 16.9 Å². The molecule has 36 heavy (non-hydrogen) atoms. The van der Waals surface area contributed by atoms with Crippen LogP contribution in [0.5, 0.6) is 0 Å². The normalized spacial score (nSPS) is 11.8. The van der Waals surface area contributed by atoms with Gasteiger partial charge in [0.25, 0.3) is 0 Å². The monoisotopic (exact) mass is 502 g/mol. The van der Waals surface area contributed by atoms with Crippen molar-refractivity contribution < 1.29 is 9.59 Å². The molecule has 0 radical (unpaired) electrons. The summed E-state index contributed by atoms with van der Waals surface area (Å²) >= 11 is 1.60. The third-order valence-corrected chi connectivity index (χ3v) is 7.14. The summed E-state index contributed by atoms with van der Waals surface area (Å²) in [4.78, 5) is 28.9. The SMILES string of the molecule is Cc1ccc(CN(C(=O)CSCc2ccccc2C)[C@H](Cc2ccccc2)C(=O)NCC(C)C)cc1. The van der Waals surface area contributed by atoms with Crippen LogP contribution in [0.15, 0.2) is 78.9 Å². The van der Waals surface area contributed by atoms with Crippen molar-refractivity contribution in [2.24, 2.45) is 5.92 Å². The highest BCUT2D eigenvalue weighted by molar-refractivity contribution is 7.99. The Morgan fingerprint density at radius 2 is 1.53 bits per heavy atom. The van der Waals surface area contributed by atoms with Gasteiger partial charge >= 0.3 is 0 Å². The number of nitrogens with zero attached hydrogens (tertiary/aromatic N) is 1. The predicted octanol–water partition coefficient (Wildman–Crippen LogP) is 5.95. The first-order valence-corrected chi connectivity index (χ1v) is 13.8. The fourth-order valence-electron chi connectivity index (χ4n) is 3.97. The second kappa shape index (κ2) is 13.9. The zero-order valence-corrected chi connectivity index (χ0v) is 22.7. The summed E-state index contributed by atoms with van der Waals surface area (Å²) in [5.74, 6) is 1.30. The zero-order valence-electron chi connectivity index (χ0n) is 21.9. The van der Waals surface area contributed by atoms with Crippen LogP contribution >= 0.6 is 11.8 Å². The van der Waals surface area contributed by atoms with Crippen molar-refractivity contribution in [1.82, 2.24) is 10.2 Å². The van der Waals surface area contributed by atoms with Crippen molar-refractivity contribution in [3.05, 3.63) is 107 Å². The van der Waals surface area contributed by atoms with Crippen molar-refractivity contribution >= 4 is 23.6 Å². The fourth-order valence-corrected chi connectivity index (χ4v) is 4.96. The maximum atomic E-state index is 13.7. The molecule has 0 saturated heterocycles. The Hall–Kier alpha value is -3.05. The first kappa shape index (κ1) is 27.5. The van der Waals surface area contributed by atoms with Gasteiger partial charge in [-0.25, -0.2) is 0 Å². The quantitative estimate of drug-likeness (QED) is 0.333. The van der Waals surface area contributed by atoms with Crippen LogP contribution in [0.2, 0.25) is 0 Å². The lowest BCUT2D eigenvalue weighted by Crippen LogP contribution is -2.51. The molecular weight excluding hydrogens is 464 g/mol. The van der Waals surface area contributed by atoms with Gasteiger partial charge in [0, 0.05) is 25.3 Å². The molecule has 0 unspecified atom stereocenters. The highest BCUT2D eigenvalue weighted by Gasteiger charge is 2.30.